The first-order valence-corrected chi connectivity index (χ1v) is 9.90. The van der Waals surface area contributed by atoms with Crippen LogP contribution in [0.2, 0.25) is 5.02 Å². The molecule has 0 radical (unpaired) electrons. The highest BCUT2D eigenvalue weighted by Crippen LogP contribution is 2.26. The molecule has 5 nitrogen and oxygen atoms in total. The Morgan fingerprint density at radius 3 is 2.57 bits per heavy atom. The number of benzene rings is 2. The van der Waals surface area contributed by atoms with Crippen LogP contribution in [0.1, 0.15) is 21.6 Å². The highest BCUT2D eigenvalue weighted by Gasteiger charge is 2.11. The molecule has 0 atom stereocenters. The van der Waals surface area contributed by atoms with Gasteiger partial charge in [0, 0.05) is 34.6 Å². The number of aromatic nitrogens is 1. The Morgan fingerprint density at radius 1 is 1.14 bits per heavy atom. The van der Waals surface area contributed by atoms with Gasteiger partial charge in [-0.1, -0.05) is 23.7 Å². The number of halogens is 1. The first-order chi connectivity index (χ1) is 13.5. The van der Waals surface area contributed by atoms with Crippen LogP contribution in [0.4, 0.5) is 0 Å². The van der Waals surface area contributed by atoms with Crippen LogP contribution >= 0.6 is 22.9 Å². The monoisotopic (exact) mass is 416 g/mol. The molecule has 0 fully saturated rings. The summed E-state index contributed by atoms with van der Waals surface area (Å²) in [4.78, 5) is 18.4. The highest BCUT2D eigenvalue weighted by atomic mass is 35.5. The van der Waals surface area contributed by atoms with Gasteiger partial charge in [0.2, 0.25) is 0 Å². The third-order valence-corrected chi connectivity index (χ3v) is 5.39. The molecule has 0 N–H and O–H groups in total. The molecule has 0 saturated carbocycles. The number of carbonyl (C=O) groups excluding carboxylic acids is 1. The van der Waals surface area contributed by atoms with Gasteiger partial charge < -0.3 is 9.47 Å². The zero-order chi connectivity index (χ0) is 20.1. The van der Waals surface area contributed by atoms with Crippen molar-refractivity contribution in [1.29, 1.82) is 0 Å². The van der Waals surface area contributed by atoms with Crippen molar-refractivity contribution in [3.63, 3.8) is 0 Å². The molecule has 3 aromatic rings. The van der Waals surface area contributed by atoms with Crippen LogP contribution in [0.25, 0.3) is 10.6 Å². The standard InChI is InChI=1S/C21H21ClN2O3S/c1-24(11-16-10-17(22)8-9-19(16)26-2)12-18-13-28-20(23-18)14-4-6-15(7-5-14)21(25)27-3/h4-10,13H,11-12H2,1-3H3. The van der Waals surface area contributed by atoms with E-state index < -0.39 is 0 Å². The SMILES string of the molecule is COC(=O)c1ccc(-c2nc(CN(C)Cc3cc(Cl)ccc3OC)cs2)cc1. The van der Waals surface area contributed by atoms with Crippen molar-refractivity contribution in [2.24, 2.45) is 0 Å². The van der Waals surface area contributed by atoms with Gasteiger partial charge in [-0.3, -0.25) is 4.90 Å². The van der Waals surface area contributed by atoms with Crippen molar-refractivity contribution in [1.82, 2.24) is 9.88 Å². The third kappa shape index (κ3) is 4.90. The maximum Gasteiger partial charge on any atom is 0.337 e. The Labute approximate surface area is 173 Å². The second kappa shape index (κ2) is 9.19. The van der Waals surface area contributed by atoms with Gasteiger partial charge in [-0.2, -0.15) is 0 Å². The van der Waals surface area contributed by atoms with Crippen LogP contribution in [-0.2, 0) is 17.8 Å². The molecule has 1 aromatic heterocycles. The maximum absolute atomic E-state index is 11.5. The van der Waals surface area contributed by atoms with E-state index in [0.29, 0.717) is 23.7 Å². The molecule has 28 heavy (non-hydrogen) atoms. The molecule has 1 heterocycles. The highest BCUT2D eigenvalue weighted by molar-refractivity contribution is 7.13. The zero-order valence-electron chi connectivity index (χ0n) is 15.9. The average molecular weight is 417 g/mol. The summed E-state index contributed by atoms with van der Waals surface area (Å²) in [6, 6.07) is 12.9. The Balaban J connectivity index is 1.67. The lowest BCUT2D eigenvalue weighted by Gasteiger charge is -2.17. The fourth-order valence-corrected chi connectivity index (χ4v) is 3.88. The summed E-state index contributed by atoms with van der Waals surface area (Å²) in [5.74, 6) is 0.477. The Morgan fingerprint density at radius 2 is 1.89 bits per heavy atom. The van der Waals surface area contributed by atoms with Gasteiger partial charge >= 0.3 is 5.97 Å². The number of thiazole rings is 1. The number of carbonyl (C=O) groups is 1. The summed E-state index contributed by atoms with van der Waals surface area (Å²) in [6.45, 7) is 1.40. The minimum atomic E-state index is -0.343. The number of hydrogen-bond donors (Lipinski definition) is 0. The predicted molar refractivity (Wildman–Crippen MR) is 112 cm³/mol. The van der Waals surface area contributed by atoms with E-state index in [1.165, 1.54) is 7.11 Å². The summed E-state index contributed by atoms with van der Waals surface area (Å²) in [5.41, 5.74) is 3.52. The lowest BCUT2D eigenvalue weighted by molar-refractivity contribution is 0.0601. The van der Waals surface area contributed by atoms with Crippen molar-refractivity contribution >= 4 is 28.9 Å². The zero-order valence-corrected chi connectivity index (χ0v) is 17.5. The number of rotatable bonds is 7. The van der Waals surface area contributed by atoms with Gasteiger partial charge in [0.1, 0.15) is 10.8 Å². The lowest BCUT2D eigenvalue weighted by Crippen LogP contribution is -2.18. The maximum atomic E-state index is 11.5. The second-order valence-corrected chi connectivity index (χ2v) is 7.64. The summed E-state index contributed by atoms with van der Waals surface area (Å²) >= 11 is 7.70. The first-order valence-electron chi connectivity index (χ1n) is 8.64. The summed E-state index contributed by atoms with van der Waals surface area (Å²) in [5, 5.41) is 3.66. The molecule has 146 valence electrons. The molecule has 0 aliphatic heterocycles. The molecule has 3 rings (SSSR count). The molecule has 0 unspecified atom stereocenters. The molecule has 0 saturated heterocycles. The van der Waals surface area contributed by atoms with Gasteiger partial charge in [0.05, 0.1) is 25.5 Å². The molecule has 2 aromatic carbocycles. The van der Waals surface area contributed by atoms with Gasteiger partial charge in [0.15, 0.2) is 0 Å². The Hall–Kier alpha value is -2.41. The minimum absolute atomic E-state index is 0.343. The van der Waals surface area contributed by atoms with E-state index in [9.17, 15) is 4.79 Å². The van der Waals surface area contributed by atoms with Gasteiger partial charge in [-0.25, -0.2) is 9.78 Å². The van der Waals surface area contributed by atoms with Gasteiger partial charge in [0.25, 0.3) is 0 Å². The lowest BCUT2D eigenvalue weighted by atomic mass is 10.1. The van der Waals surface area contributed by atoms with Gasteiger partial charge in [-0.05, 0) is 37.4 Å². The fraction of sp³-hybridized carbons (Fsp3) is 0.238. The van der Waals surface area contributed by atoms with Crippen LogP contribution < -0.4 is 4.74 Å². The Bertz CT molecular complexity index is 957. The quantitative estimate of drug-likeness (QED) is 0.513. The summed E-state index contributed by atoms with van der Waals surface area (Å²) < 4.78 is 10.1. The normalized spacial score (nSPS) is 10.9. The largest absolute Gasteiger partial charge is 0.496 e. The molecule has 0 spiro atoms. The van der Waals surface area contributed by atoms with Crippen molar-refractivity contribution in [2.45, 2.75) is 13.1 Å². The first kappa shape index (κ1) is 20.3. The van der Waals surface area contributed by atoms with Crippen molar-refractivity contribution in [3.8, 4) is 16.3 Å². The number of hydrogen-bond acceptors (Lipinski definition) is 6. The van der Waals surface area contributed by atoms with Crippen LogP contribution in [0.15, 0.2) is 47.8 Å². The molecule has 7 heteroatoms. The van der Waals surface area contributed by atoms with Crippen LogP contribution in [-0.4, -0.2) is 37.1 Å². The van der Waals surface area contributed by atoms with E-state index in [1.807, 2.05) is 37.4 Å². The van der Waals surface area contributed by atoms with Crippen molar-refractivity contribution < 1.29 is 14.3 Å². The number of nitrogens with zero attached hydrogens (tertiary/aromatic N) is 2. The second-order valence-electron chi connectivity index (χ2n) is 6.34. The Kier molecular flexibility index (Phi) is 6.67. The molecular weight excluding hydrogens is 396 g/mol. The number of methoxy groups -OCH3 is 2. The number of ether oxygens (including phenoxy) is 2. The van der Waals surface area contributed by atoms with E-state index >= 15 is 0 Å². The minimum Gasteiger partial charge on any atom is -0.496 e. The average Bonchev–Trinajstić information content (AvgIpc) is 3.16. The van der Waals surface area contributed by atoms with Gasteiger partial charge in [-0.15, -0.1) is 11.3 Å². The smallest absolute Gasteiger partial charge is 0.337 e. The van der Waals surface area contributed by atoms with Crippen molar-refractivity contribution in [3.05, 3.63) is 69.7 Å². The summed E-state index contributed by atoms with van der Waals surface area (Å²) in [6.07, 6.45) is 0. The van der Waals surface area contributed by atoms with Crippen molar-refractivity contribution in [2.75, 3.05) is 21.3 Å². The summed E-state index contributed by atoms with van der Waals surface area (Å²) in [7, 11) is 5.06. The molecular formula is C21H21ClN2O3S. The molecule has 0 amide bonds. The van der Waals surface area contributed by atoms with E-state index in [2.05, 4.69) is 10.3 Å². The van der Waals surface area contributed by atoms with E-state index in [4.69, 9.17) is 26.1 Å². The fourth-order valence-electron chi connectivity index (χ4n) is 2.87. The van der Waals surface area contributed by atoms with E-state index in [1.54, 1.807) is 30.6 Å². The third-order valence-electron chi connectivity index (χ3n) is 4.22. The van der Waals surface area contributed by atoms with Crippen LogP contribution in [0.5, 0.6) is 5.75 Å². The number of esters is 1. The van der Waals surface area contributed by atoms with E-state index in [-0.39, 0.29) is 5.97 Å². The van der Waals surface area contributed by atoms with Crippen LogP contribution in [0.3, 0.4) is 0 Å². The molecule has 0 aliphatic rings. The predicted octanol–water partition coefficient (Wildman–Crippen LogP) is 4.89. The topological polar surface area (TPSA) is 51.7 Å². The molecule has 0 aliphatic carbocycles. The molecule has 0 bridgehead atoms. The van der Waals surface area contributed by atoms with E-state index in [0.717, 1.165) is 27.6 Å². The van der Waals surface area contributed by atoms with Crippen LogP contribution in [0, 0.1) is 0 Å².